The van der Waals surface area contributed by atoms with Gasteiger partial charge in [0.05, 0.1) is 0 Å². The van der Waals surface area contributed by atoms with Crippen molar-refractivity contribution in [1.29, 1.82) is 0 Å². The van der Waals surface area contributed by atoms with Crippen molar-refractivity contribution < 1.29 is 23.9 Å². The summed E-state index contributed by atoms with van der Waals surface area (Å²) in [6.07, 6.45) is 0.509. The molecule has 4 amide bonds. The van der Waals surface area contributed by atoms with Gasteiger partial charge in [0, 0.05) is 32.4 Å². The second kappa shape index (κ2) is 11.9. The Morgan fingerprint density at radius 2 is 1.94 bits per heavy atom. The smallest absolute Gasteiger partial charge is 0.410 e. The third-order valence-corrected chi connectivity index (χ3v) is 5.75. The third kappa shape index (κ3) is 7.84. The maximum absolute atomic E-state index is 13.2. The Balaban J connectivity index is 1.99. The van der Waals surface area contributed by atoms with Crippen LogP contribution < -0.4 is 22.1 Å². The lowest BCUT2D eigenvalue weighted by Crippen LogP contribution is -2.58. The molecule has 0 bridgehead atoms. The standard InChI is InChI=1S/C24H38N6O5/c1-15(29(5)23(34)35-24(2,3)4)20(31)28-18(13-25)22(33)30-11-7-10-19(30)21(32)27-14-16-8-6-9-17(26)12-16/h6,8-9,12,15,18-19H,7,10-11,13-14,25-26H2,1-5H3,(H,27,32)(H,28,31). The average Bonchev–Trinajstić information content (AvgIpc) is 3.28. The Labute approximate surface area is 206 Å². The van der Waals surface area contributed by atoms with Crippen LogP contribution in [-0.2, 0) is 25.7 Å². The average molecular weight is 491 g/mol. The molecule has 1 heterocycles. The van der Waals surface area contributed by atoms with Gasteiger partial charge in [-0.2, -0.15) is 0 Å². The summed E-state index contributed by atoms with van der Waals surface area (Å²) >= 11 is 0. The van der Waals surface area contributed by atoms with E-state index in [1.807, 2.05) is 6.07 Å². The first-order valence-electron chi connectivity index (χ1n) is 11.7. The second-order valence-electron chi connectivity index (χ2n) is 9.72. The van der Waals surface area contributed by atoms with Gasteiger partial charge >= 0.3 is 6.09 Å². The molecule has 0 radical (unpaired) electrons. The fraction of sp³-hybridized carbons (Fsp3) is 0.583. The highest BCUT2D eigenvalue weighted by molar-refractivity contribution is 5.94. The molecular formula is C24H38N6O5. The molecule has 6 N–H and O–H groups in total. The molecule has 3 atom stereocenters. The number of carbonyl (C=O) groups is 4. The summed E-state index contributed by atoms with van der Waals surface area (Å²) in [6.45, 7) is 7.23. The highest BCUT2D eigenvalue weighted by atomic mass is 16.6. The molecule has 1 aliphatic rings. The van der Waals surface area contributed by atoms with Crippen molar-refractivity contribution in [2.24, 2.45) is 5.73 Å². The summed E-state index contributed by atoms with van der Waals surface area (Å²) in [5, 5.41) is 5.46. The number of amides is 4. The molecule has 0 spiro atoms. The number of hydrogen-bond donors (Lipinski definition) is 4. The molecule has 1 fully saturated rings. The normalized spacial score (nSPS) is 17.3. The van der Waals surface area contributed by atoms with E-state index in [1.165, 1.54) is 18.9 Å². The van der Waals surface area contributed by atoms with E-state index in [9.17, 15) is 19.2 Å². The summed E-state index contributed by atoms with van der Waals surface area (Å²) in [7, 11) is 1.44. The maximum Gasteiger partial charge on any atom is 0.410 e. The lowest BCUT2D eigenvalue weighted by atomic mass is 10.1. The van der Waals surface area contributed by atoms with Crippen molar-refractivity contribution in [3.05, 3.63) is 29.8 Å². The number of nitrogens with zero attached hydrogens (tertiary/aromatic N) is 2. The van der Waals surface area contributed by atoms with Gasteiger partial charge in [0.1, 0.15) is 23.7 Å². The second-order valence-corrected chi connectivity index (χ2v) is 9.72. The molecule has 11 heteroatoms. The first-order chi connectivity index (χ1) is 16.3. The molecular weight excluding hydrogens is 452 g/mol. The van der Waals surface area contributed by atoms with Crippen molar-refractivity contribution >= 4 is 29.5 Å². The van der Waals surface area contributed by atoms with Crippen LogP contribution in [0.2, 0.25) is 0 Å². The van der Waals surface area contributed by atoms with Gasteiger partial charge < -0.3 is 31.7 Å². The molecule has 2 rings (SSSR count). The highest BCUT2D eigenvalue weighted by Gasteiger charge is 2.38. The van der Waals surface area contributed by atoms with E-state index in [2.05, 4.69) is 10.6 Å². The number of likely N-dealkylation sites (tertiary alicyclic amines) is 1. The summed E-state index contributed by atoms with van der Waals surface area (Å²) in [6, 6.07) is 4.60. The fourth-order valence-corrected chi connectivity index (χ4v) is 3.70. The molecule has 194 valence electrons. The van der Waals surface area contributed by atoms with Gasteiger partial charge in [-0.05, 0) is 58.2 Å². The van der Waals surface area contributed by atoms with E-state index in [0.29, 0.717) is 25.1 Å². The minimum Gasteiger partial charge on any atom is -0.444 e. The summed E-state index contributed by atoms with van der Waals surface area (Å²) in [5.41, 5.74) is 12.3. The lowest BCUT2D eigenvalue weighted by Gasteiger charge is -2.31. The zero-order valence-electron chi connectivity index (χ0n) is 21.2. The highest BCUT2D eigenvalue weighted by Crippen LogP contribution is 2.19. The number of nitrogens with two attached hydrogens (primary N) is 2. The van der Waals surface area contributed by atoms with Crippen LogP contribution in [0.25, 0.3) is 0 Å². The van der Waals surface area contributed by atoms with E-state index in [0.717, 1.165) is 10.5 Å². The monoisotopic (exact) mass is 490 g/mol. The number of hydrogen-bond acceptors (Lipinski definition) is 7. The van der Waals surface area contributed by atoms with Crippen LogP contribution in [0.5, 0.6) is 0 Å². The van der Waals surface area contributed by atoms with Gasteiger partial charge in [0.15, 0.2) is 0 Å². The SMILES string of the molecule is CC(C(=O)NC(CN)C(=O)N1CCCC1C(=O)NCc1cccc(N)c1)N(C)C(=O)OC(C)(C)C. The number of carbonyl (C=O) groups excluding carboxylic acids is 4. The molecule has 0 aromatic heterocycles. The minimum absolute atomic E-state index is 0.151. The van der Waals surface area contributed by atoms with Gasteiger partial charge in [-0.15, -0.1) is 0 Å². The van der Waals surface area contributed by atoms with Crippen molar-refractivity contribution in [2.45, 2.75) is 70.8 Å². The van der Waals surface area contributed by atoms with Crippen LogP contribution in [0, 0.1) is 0 Å². The van der Waals surface area contributed by atoms with Crippen LogP contribution in [0.4, 0.5) is 10.5 Å². The first-order valence-corrected chi connectivity index (χ1v) is 11.7. The third-order valence-electron chi connectivity index (χ3n) is 5.75. The van der Waals surface area contributed by atoms with Gasteiger partial charge in [-0.1, -0.05) is 12.1 Å². The Morgan fingerprint density at radius 3 is 2.54 bits per heavy atom. The molecule has 1 aromatic rings. The Kier molecular flexibility index (Phi) is 9.47. The van der Waals surface area contributed by atoms with Crippen LogP contribution >= 0.6 is 0 Å². The summed E-state index contributed by atoms with van der Waals surface area (Å²) in [4.78, 5) is 53.7. The number of ether oxygens (including phenoxy) is 1. The van der Waals surface area contributed by atoms with Crippen molar-refractivity contribution in [3.8, 4) is 0 Å². The zero-order valence-corrected chi connectivity index (χ0v) is 21.2. The predicted octanol–water partition coefficient (Wildman–Crippen LogP) is 0.575. The number of nitrogens with one attached hydrogen (secondary N) is 2. The molecule has 3 unspecified atom stereocenters. The van der Waals surface area contributed by atoms with Crippen LogP contribution in [-0.4, -0.2) is 77.5 Å². The summed E-state index contributed by atoms with van der Waals surface area (Å²) < 4.78 is 5.29. The number of benzene rings is 1. The molecule has 11 nitrogen and oxygen atoms in total. The molecule has 1 aliphatic heterocycles. The maximum atomic E-state index is 13.2. The van der Waals surface area contributed by atoms with E-state index >= 15 is 0 Å². The topological polar surface area (TPSA) is 160 Å². The Hall–Kier alpha value is -3.34. The summed E-state index contributed by atoms with van der Waals surface area (Å²) in [5.74, 6) is -1.27. The predicted molar refractivity (Wildman–Crippen MR) is 132 cm³/mol. The molecule has 0 saturated carbocycles. The van der Waals surface area contributed by atoms with Crippen LogP contribution in [0.1, 0.15) is 46.1 Å². The van der Waals surface area contributed by atoms with Crippen molar-refractivity contribution in [1.82, 2.24) is 20.4 Å². The minimum atomic E-state index is -1.03. The fourth-order valence-electron chi connectivity index (χ4n) is 3.70. The lowest BCUT2D eigenvalue weighted by molar-refractivity contribution is -0.141. The Morgan fingerprint density at radius 1 is 1.26 bits per heavy atom. The van der Waals surface area contributed by atoms with E-state index in [1.54, 1.807) is 39.0 Å². The van der Waals surface area contributed by atoms with Gasteiger partial charge in [-0.25, -0.2) is 4.79 Å². The molecule has 0 aliphatic carbocycles. The van der Waals surface area contributed by atoms with Crippen LogP contribution in [0.3, 0.4) is 0 Å². The Bertz CT molecular complexity index is 931. The number of nitrogen functional groups attached to an aromatic ring is 1. The van der Waals surface area contributed by atoms with Gasteiger partial charge in [0.25, 0.3) is 0 Å². The van der Waals surface area contributed by atoms with E-state index in [-0.39, 0.29) is 19.0 Å². The van der Waals surface area contributed by atoms with Crippen molar-refractivity contribution in [3.63, 3.8) is 0 Å². The van der Waals surface area contributed by atoms with E-state index in [4.69, 9.17) is 16.2 Å². The largest absolute Gasteiger partial charge is 0.444 e. The van der Waals surface area contributed by atoms with Crippen molar-refractivity contribution in [2.75, 3.05) is 25.9 Å². The molecule has 1 aromatic carbocycles. The van der Waals surface area contributed by atoms with E-state index < -0.39 is 41.6 Å². The molecule has 1 saturated heterocycles. The van der Waals surface area contributed by atoms with Gasteiger partial charge in [-0.3, -0.25) is 19.3 Å². The number of anilines is 1. The first kappa shape index (κ1) is 27.9. The van der Waals surface area contributed by atoms with Crippen LogP contribution in [0.15, 0.2) is 24.3 Å². The zero-order chi connectivity index (χ0) is 26.3. The number of rotatable bonds is 8. The van der Waals surface area contributed by atoms with Gasteiger partial charge in [0.2, 0.25) is 17.7 Å². The number of likely N-dealkylation sites (N-methyl/N-ethyl adjacent to an activating group) is 1. The quantitative estimate of drug-likeness (QED) is 0.388. The molecule has 35 heavy (non-hydrogen) atoms.